The number of allylic oxidation sites excluding steroid dienone is 2. The molecule has 156 valence electrons. The lowest BCUT2D eigenvalue weighted by Crippen LogP contribution is -2.36. The van der Waals surface area contributed by atoms with E-state index in [9.17, 15) is 14.9 Å². The molecule has 0 spiro atoms. The van der Waals surface area contributed by atoms with E-state index in [-0.39, 0.29) is 16.9 Å². The number of anilines is 1. The summed E-state index contributed by atoms with van der Waals surface area (Å²) in [6.07, 6.45) is 4.31. The van der Waals surface area contributed by atoms with Gasteiger partial charge in [0, 0.05) is 41.7 Å². The molecule has 0 amide bonds. The molecule has 1 unspecified atom stereocenters. The largest absolute Gasteiger partial charge is 0.328 e. The van der Waals surface area contributed by atoms with E-state index >= 15 is 0 Å². The van der Waals surface area contributed by atoms with E-state index in [1.165, 1.54) is 6.07 Å². The van der Waals surface area contributed by atoms with Crippen LogP contribution in [0.1, 0.15) is 38.3 Å². The molecular weight excluding hydrogens is 396 g/mol. The van der Waals surface area contributed by atoms with E-state index < -0.39 is 11.0 Å². The van der Waals surface area contributed by atoms with Crippen molar-refractivity contribution in [2.75, 3.05) is 5.32 Å². The summed E-state index contributed by atoms with van der Waals surface area (Å²) in [5.74, 6) is 0.882. The quantitative estimate of drug-likeness (QED) is 0.508. The molecule has 3 aromatic rings. The maximum Gasteiger partial charge on any atom is 0.275 e. The first kappa shape index (κ1) is 19.1. The number of Topliss-reactive ketones (excluding diaryl/α,β-unsaturated/α-hetero) is 1. The number of nitrogens with zero attached hydrogens (tertiary/aromatic N) is 5. The van der Waals surface area contributed by atoms with Crippen LogP contribution >= 0.6 is 0 Å². The Balaban J connectivity index is 1.74. The van der Waals surface area contributed by atoms with Gasteiger partial charge in [0.2, 0.25) is 5.95 Å². The predicted molar refractivity (Wildman–Crippen MR) is 113 cm³/mol. The second-order valence-electron chi connectivity index (χ2n) is 8.62. The molecule has 9 nitrogen and oxygen atoms in total. The Kier molecular flexibility index (Phi) is 4.21. The number of pyridine rings is 1. The monoisotopic (exact) mass is 416 g/mol. The number of fused-ring (bicyclic) bond motifs is 1. The Morgan fingerprint density at radius 3 is 2.65 bits per heavy atom. The number of benzene rings is 1. The molecule has 2 aromatic heterocycles. The third-order valence-corrected chi connectivity index (χ3v) is 5.70. The van der Waals surface area contributed by atoms with Gasteiger partial charge in [-0.25, -0.2) is 4.68 Å². The summed E-state index contributed by atoms with van der Waals surface area (Å²) in [6, 6.07) is 9.36. The molecule has 9 heteroatoms. The summed E-state index contributed by atoms with van der Waals surface area (Å²) in [6.45, 7) is 4.08. The molecular formula is C22H20N6O3. The number of nitro groups is 1. The zero-order valence-electron chi connectivity index (χ0n) is 17.1. The summed E-state index contributed by atoms with van der Waals surface area (Å²) in [7, 11) is 0. The fraction of sp³-hybridized carbons (Fsp3) is 0.273. The highest BCUT2D eigenvalue weighted by Crippen LogP contribution is 2.47. The van der Waals surface area contributed by atoms with Crippen LogP contribution in [0.2, 0.25) is 0 Å². The van der Waals surface area contributed by atoms with Gasteiger partial charge in [-0.1, -0.05) is 26.0 Å². The van der Waals surface area contributed by atoms with Gasteiger partial charge in [-0.05, 0) is 30.0 Å². The molecule has 1 aliphatic carbocycles. The number of para-hydroxylation sites is 1. The van der Waals surface area contributed by atoms with Gasteiger partial charge in [0.15, 0.2) is 11.6 Å². The Hall–Kier alpha value is -3.88. The van der Waals surface area contributed by atoms with Crippen molar-refractivity contribution in [3.63, 3.8) is 0 Å². The lowest BCUT2D eigenvalue weighted by Gasteiger charge is -2.38. The molecule has 3 heterocycles. The van der Waals surface area contributed by atoms with Crippen LogP contribution in [0.5, 0.6) is 0 Å². The predicted octanol–water partition coefficient (Wildman–Crippen LogP) is 3.91. The van der Waals surface area contributed by atoms with Crippen molar-refractivity contribution in [3.8, 4) is 11.4 Å². The van der Waals surface area contributed by atoms with E-state index in [1.54, 1.807) is 47.4 Å². The van der Waals surface area contributed by atoms with E-state index in [1.807, 2.05) is 13.8 Å². The number of aromatic nitrogens is 4. The minimum atomic E-state index is -0.723. The van der Waals surface area contributed by atoms with Crippen LogP contribution in [0, 0.1) is 15.5 Å². The minimum Gasteiger partial charge on any atom is -0.328 e. The highest BCUT2D eigenvalue weighted by Gasteiger charge is 2.43. The first-order chi connectivity index (χ1) is 14.8. The zero-order valence-corrected chi connectivity index (χ0v) is 17.1. The fourth-order valence-corrected chi connectivity index (χ4v) is 4.40. The lowest BCUT2D eigenvalue weighted by atomic mass is 9.73. The van der Waals surface area contributed by atoms with Crippen molar-refractivity contribution in [3.05, 3.63) is 75.7 Å². The number of hydrogen-bond donors (Lipinski definition) is 1. The van der Waals surface area contributed by atoms with Crippen molar-refractivity contribution >= 4 is 17.4 Å². The number of rotatable bonds is 3. The van der Waals surface area contributed by atoms with Crippen molar-refractivity contribution in [1.29, 1.82) is 0 Å². The van der Waals surface area contributed by atoms with Gasteiger partial charge in [0.1, 0.15) is 6.04 Å². The van der Waals surface area contributed by atoms with Crippen LogP contribution in [-0.2, 0) is 4.79 Å². The third kappa shape index (κ3) is 3.18. The zero-order chi connectivity index (χ0) is 21.8. The second-order valence-corrected chi connectivity index (χ2v) is 8.62. The standard InChI is InChI=1S/C22H20N6O3/c1-22(2)11-15-18(17(29)12-22)19(14-5-3-4-6-16(14)28(30)31)27-21(24-15)25-20(26-27)13-7-9-23-10-8-13/h3-10,19H,11-12H2,1-2H3,(H,24,25,26). The number of hydrogen-bond acceptors (Lipinski definition) is 7. The van der Waals surface area contributed by atoms with E-state index in [0.29, 0.717) is 35.8 Å². The van der Waals surface area contributed by atoms with Crippen molar-refractivity contribution < 1.29 is 9.72 Å². The summed E-state index contributed by atoms with van der Waals surface area (Å²) >= 11 is 0. The molecule has 1 atom stereocenters. The summed E-state index contributed by atoms with van der Waals surface area (Å²) < 4.78 is 1.59. The maximum atomic E-state index is 13.3. The van der Waals surface area contributed by atoms with E-state index in [4.69, 9.17) is 0 Å². The average Bonchev–Trinajstić information content (AvgIpc) is 3.15. The van der Waals surface area contributed by atoms with E-state index in [0.717, 1.165) is 11.3 Å². The number of nitro benzene ring substituents is 1. The molecule has 0 fully saturated rings. The number of carbonyl (C=O) groups excluding carboxylic acids is 1. The highest BCUT2D eigenvalue weighted by atomic mass is 16.6. The van der Waals surface area contributed by atoms with Crippen LogP contribution in [-0.4, -0.2) is 30.5 Å². The van der Waals surface area contributed by atoms with Gasteiger partial charge in [0.05, 0.1) is 10.5 Å². The first-order valence-corrected chi connectivity index (χ1v) is 9.97. The van der Waals surface area contributed by atoms with Gasteiger partial charge in [-0.3, -0.25) is 19.9 Å². The van der Waals surface area contributed by atoms with Gasteiger partial charge in [0.25, 0.3) is 5.69 Å². The molecule has 1 aliphatic heterocycles. The molecule has 2 aliphatic rings. The van der Waals surface area contributed by atoms with Gasteiger partial charge >= 0.3 is 0 Å². The topological polar surface area (TPSA) is 116 Å². The normalized spacial score (nSPS) is 19.4. The van der Waals surface area contributed by atoms with Crippen LogP contribution in [0.25, 0.3) is 11.4 Å². The van der Waals surface area contributed by atoms with Crippen LogP contribution < -0.4 is 5.32 Å². The first-order valence-electron chi connectivity index (χ1n) is 9.97. The molecule has 0 saturated carbocycles. The smallest absolute Gasteiger partial charge is 0.275 e. The third-order valence-electron chi connectivity index (χ3n) is 5.70. The van der Waals surface area contributed by atoms with Crippen molar-refractivity contribution in [2.45, 2.75) is 32.7 Å². The summed E-state index contributed by atoms with van der Waals surface area (Å²) in [5.41, 5.74) is 2.20. The SMILES string of the molecule is CC1(C)CC(=O)C2=C(C1)Nc1nc(-c3ccncc3)nn1C2c1ccccc1[N+](=O)[O-]. The highest BCUT2D eigenvalue weighted by molar-refractivity contribution is 6.00. The molecule has 5 rings (SSSR count). The number of carbonyl (C=O) groups is 1. The van der Waals surface area contributed by atoms with Crippen molar-refractivity contribution in [1.82, 2.24) is 19.7 Å². The molecule has 1 aromatic carbocycles. The summed E-state index contributed by atoms with van der Waals surface area (Å²) in [5, 5.41) is 19.7. The average molecular weight is 416 g/mol. The molecule has 0 bridgehead atoms. The van der Waals surface area contributed by atoms with Crippen LogP contribution in [0.4, 0.5) is 11.6 Å². The maximum absolute atomic E-state index is 13.3. The van der Waals surface area contributed by atoms with E-state index in [2.05, 4.69) is 20.4 Å². The molecule has 31 heavy (non-hydrogen) atoms. The number of ketones is 1. The van der Waals surface area contributed by atoms with Gasteiger partial charge < -0.3 is 5.32 Å². The Morgan fingerprint density at radius 1 is 1.16 bits per heavy atom. The molecule has 1 N–H and O–H groups in total. The second kappa shape index (κ2) is 6.83. The van der Waals surface area contributed by atoms with Gasteiger partial charge in [-0.2, -0.15) is 4.98 Å². The Morgan fingerprint density at radius 2 is 1.90 bits per heavy atom. The van der Waals surface area contributed by atoms with Crippen LogP contribution in [0.3, 0.4) is 0 Å². The summed E-state index contributed by atoms with van der Waals surface area (Å²) in [4.78, 5) is 33.3. The number of nitrogens with one attached hydrogen (secondary N) is 1. The van der Waals surface area contributed by atoms with Crippen molar-refractivity contribution in [2.24, 2.45) is 5.41 Å². The Labute approximate surface area is 178 Å². The fourth-order valence-electron chi connectivity index (χ4n) is 4.40. The molecule has 0 saturated heterocycles. The van der Waals surface area contributed by atoms with Gasteiger partial charge in [-0.15, -0.1) is 5.10 Å². The Bertz CT molecular complexity index is 1250. The van der Waals surface area contributed by atoms with Crippen LogP contribution in [0.15, 0.2) is 60.1 Å². The molecule has 0 radical (unpaired) electrons. The minimum absolute atomic E-state index is 0.0338. The lowest BCUT2D eigenvalue weighted by molar-refractivity contribution is -0.385.